The molecule has 1 unspecified atom stereocenters. The van der Waals surface area contributed by atoms with Crippen LogP contribution in [-0.4, -0.2) is 29.7 Å². The van der Waals surface area contributed by atoms with Crippen molar-refractivity contribution in [1.82, 2.24) is 4.90 Å². The van der Waals surface area contributed by atoms with Crippen molar-refractivity contribution in [3.8, 4) is 11.1 Å². The standard InChI is InChI=1S/C19H25NO/c1-4-18(14-21)20(3)13-16-9-7-10-17(12-16)19-11-6-5-8-15(19)2/h5-12,18,21H,4,13-14H2,1-3H3. The van der Waals surface area contributed by atoms with Crippen molar-refractivity contribution in [3.63, 3.8) is 0 Å². The van der Waals surface area contributed by atoms with Crippen molar-refractivity contribution >= 4 is 0 Å². The van der Waals surface area contributed by atoms with Crippen LogP contribution in [0.4, 0.5) is 0 Å². The summed E-state index contributed by atoms with van der Waals surface area (Å²) in [5.41, 5.74) is 5.13. The lowest BCUT2D eigenvalue weighted by Crippen LogP contribution is -2.33. The Morgan fingerprint density at radius 2 is 1.86 bits per heavy atom. The molecular formula is C19H25NO. The maximum atomic E-state index is 9.40. The monoisotopic (exact) mass is 283 g/mol. The molecule has 1 N–H and O–H groups in total. The van der Waals surface area contributed by atoms with Crippen LogP contribution in [0.25, 0.3) is 11.1 Å². The fraction of sp³-hybridized carbons (Fsp3) is 0.368. The van der Waals surface area contributed by atoms with Gasteiger partial charge in [-0.3, -0.25) is 4.90 Å². The summed E-state index contributed by atoms with van der Waals surface area (Å²) in [6, 6.07) is 17.4. The quantitative estimate of drug-likeness (QED) is 0.870. The van der Waals surface area contributed by atoms with E-state index in [1.165, 1.54) is 22.3 Å². The number of benzene rings is 2. The molecule has 0 radical (unpaired) electrons. The number of nitrogens with zero attached hydrogens (tertiary/aromatic N) is 1. The Hall–Kier alpha value is -1.64. The maximum Gasteiger partial charge on any atom is 0.0586 e. The van der Waals surface area contributed by atoms with Gasteiger partial charge in [0.1, 0.15) is 0 Å². The molecule has 1 atom stereocenters. The lowest BCUT2D eigenvalue weighted by atomic mass is 9.99. The molecule has 0 saturated carbocycles. The van der Waals surface area contributed by atoms with Gasteiger partial charge in [0.15, 0.2) is 0 Å². The number of rotatable bonds is 6. The van der Waals surface area contributed by atoms with Gasteiger partial charge in [-0.05, 0) is 48.7 Å². The van der Waals surface area contributed by atoms with Crippen LogP contribution in [0.2, 0.25) is 0 Å². The van der Waals surface area contributed by atoms with Gasteiger partial charge in [-0.25, -0.2) is 0 Å². The van der Waals surface area contributed by atoms with E-state index in [4.69, 9.17) is 0 Å². The highest BCUT2D eigenvalue weighted by atomic mass is 16.3. The zero-order valence-electron chi connectivity index (χ0n) is 13.2. The third-order valence-corrected chi connectivity index (χ3v) is 4.12. The van der Waals surface area contributed by atoms with Crippen LogP contribution >= 0.6 is 0 Å². The summed E-state index contributed by atoms with van der Waals surface area (Å²) in [4.78, 5) is 2.22. The normalized spacial score (nSPS) is 12.6. The topological polar surface area (TPSA) is 23.5 Å². The van der Waals surface area contributed by atoms with Gasteiger partial charge in [-0.1, -0.05) is 49.4 Å². The van der Waals surface area contributed by atoms with Crippen LogP contribution in [0.1, 0.15) is 24.5 Å². The molecule has 2 heteroatoms. The molecule has 0 fully saturated rings. The van der Waals surface area contributed by atoms with Crippen LogP contribution in [0.3, 0.4) is 0 Å². The Balaban J connectivity index is 2.21. The molecule has 0 amide bonds. The molecule has 0 bridgehead atoms. The van der Waals surface area contributed by atoms with Crippen molar-refractivity contribution in [3.05, 3.63) is 59.7 Å². The Morgan fingerprint density at radius 1 is 1.10 bits per heavy atom. The SMILES string of the molecule is CCC(CO)N(C)Cc1cccc(-c2ccccc2C)c1. The first-order valence-electron chi connectivity index (χ1n) is 7.61. The third-order valence-electron chi connectivity index (χ3n) is 4.12. The van der Waals surface area contributed by atoms with Crippen LogP contribution in [0, 0.1) is 6.92 Å². The van der Waals surface area contributed by atoms with Gasteiger partial charge < -0.3 is 5.11 Å². The van der Waals surface area contributed by atoms with E-state index in [2.05, 4.69) is 74.3 Å². The Labute approximate surface area is 128 Å². The van der Waals surface area contributed by atoms with E-state index < -0.39 is 0 Å². The highest BCUT2D eigenvalue weighted by molar-refractivity contribution is 5.67. The first-order valence-corrected chi connectivity index (χ1v) is 7.61. The smallest absolute Gasteiger partial charge is 0.0586 e. The summed E-state index contributed by atoms with van der Waals surface area (Å²) in [6.45, 7) is 5.33. The zero-order chi connectivity index (χ0) is 15.2. The van der Waals surface area contributed by atoms with Crippen LogP contribution in [0.5, 0.6) is 0 Å². The fourth-order valence-corrected chi connectivity index (χ4v) is 2.73. The molecule has 0 saturated heterocycles. The van der Waals surface area contributed by atoms with Crippen molar-refractivity contribution in [2.24, 2.45) is 0 Å². The minimum Gasteiger partial charge on any atom is -0.395 e. The van der Waals surface area contributed by atoms with Crippen LogP contribution in [0.15, 0.2) is 48.5 Å². The molecule has 0 aliphatic rings. The number of hydrogen-bond donors (Lipinski definition) is 1. The molecule has 2 rings (SSSR count). The fourth-order valence-electron chi connectivity index (χ4n) is 2.73. The number of aliphatic hydroxyl groups is 1. The Kier molecular flexibility index (Phi) is 5.54. The van der Waals surface area contributed by atoms with Crippen molar-refractivity contribution in [2.75, 3.05) is 13.7 Å². The van der Waals surface area contributed by atoms with Gasteiger partial charge in [0.2, 0.25) is 0 Å². The van der Waals surface area contributed by atoms with E-state index in [1.807, 2.05) is 0 Å². The van der Waals surface area contributed by atoms with E-state index in [-0.39, 0.29) is 12.6 Å². The zero-order valence-corrected chi connectivity index (χ0v) is 13.2. The molecule has 0 heterocycles. The predicted molar refractivity (Wildman–Crippen MR) is 89.2 cm³/mol. The molecule has 2 nitrogen and oxygen atoms in total. The highest BCUT2D eigenvalue weighted by Gasteiger charge is 2.12. The van der Waals surface area contributed by atoms with Crippen molar-refractivity contribution in [1.29, 1.82) is 0 Å². The second-order valence-corrected chi connectivity index (χ2v) is 5.68. The van der Waals surface area contributed by atoms with Gasteiger partial charge in [-0.15, -0.1) is 0 Å². The van der Waals surface area contributed by atoms with Gasteiger partial charge in [0.05, 0.1) is 6.61 Å². The summed E-state index contributed by atoms with van der Waals surface area (Å²) < 4.78 is 0. The van der Waals surface area contributed by atoms with E-state index in [0.29, 0.717) is 0 Å². The minimum atomic E-state index is 0.213. The molecular weight excluding hydrogens is 258 g/mol. The van der Waals surface area contributed by atoms with Gasteiger partial charge >= 0.3 is 0 Å². The average Bonchev–Trinajstić information content (AvgIpc) is 2.49. The average molecular weight is 283 g/mol. The summed E-state index contributed by atoms with van der Waals surface area (Å²) in [6.07, 6.45) is 0.963. The molecule has 0 spiro atoms. The van der Waals surface area contributed by atoms with Gasteiger partial charge in [0, 0.05) is 12.6 Å². The lowest BCUT2D eigenvalue weighted by Gasteiger charge is -2.25. The first kappa shape index (κ1) is 15.7. The number of likely N-dealkylation sites (N-methyl/N-ethyl adjacent to an activating group) is 1. The van der Waals surface area contributed by atoms with Crippen LogP contribution < -0.4 is 0 Å². The summed E-state index contributed by atoms with van der Waals surface area (Å²) in [5.74, 6) is 0. The minimum absolute atomic E-state index is 0.213. The summed E-state index contributed by atoms with van der Waals surface area (Å²) >= 11 is 0. The van der Waals surface area contributed by atoms with Gasteiger partial charge in [0.25, 0.3) is 0 Å². The maximum absolute atomic E-state index is 9.40. The van der Waals surface area contributed by atoms with E-state index >= 15 is 0 Å². The number of hydrogen-bond acceptors (Lipinski definition) is 2. The Bertz CT molecular complexity index is 575. The van der Waals surface area contributed by atoms with Crippen molar-refractivity contribution < 1.29 is 5.11 Å². The van der Waals surface area contributed by atoms with E-state index in [0.717, 1.165) is 13.0 Å². The Morgan fingerprint density at radius 3 is 2.52 bits per heavy atom. The second kappa shape index (κ2) is 7.39. The third kappa shape index (κ3) is 3.93. The molecule has 2 aromatic rings. The van der Waals surface area contributed by atoms with Gasteiger partial charge in [-0.2, -0.15) is 0 Å². The lowest BCUT2D eigenvalue weighted by molar-refractivity contribution is 0.138. The summed E-state index contributed by atoms with van der Waals surface area (Å²) in [5, 5.41) is 9.40. The largest absolute Gasteiger partial charge is 0.395 e. The first-order chi connectivity index (χ1) is 10.2. The van der Waals surface area contributed by atoms with E-state index in [9.17, 15) is 5.11 Å². The molecule has 112 valence electrons. The predicted octanol–water partition coefficient (Wildman–Crippen LogP) is 3.86. The highest BCUT2D eigenvalue weighted by Crippen LogP contribution is 2.24. The van der Waals surface area contributed by atoms with Crippen molar-refractivity contribution in [2.45, 2.75) is 32.9 Å². The van der Waals surface area contributed by atoms with E-state index in [1.54, 1.807) is 0 Å². The molecule has 0 aliphatic carbocycles. The summed E-state index contributed by atoms with van der Waals surface area (Å²) in [7, 11) is 2.07. The molecule has 0 aromatic heterocycles. The molecule has 21 heavy (non-hydrogen) atoms. The number of aryl methyl sites for hydroxylation is 1. The second-order valence-electron chi connectivity index (χ2n) is 5.68. The number of aliphatic hydroxyl groups excluding tert-OH is 1. The van der Waals surface area contributed by atoms with Crippen LogP contribution in [-0.2, 0) is 6.54 Å². The molecule has 0 aliphatic heterocycles. The molecule has 2 aromatic carbocycles.